The van der Waals surface area contributed by atoms with Crippen molar-refractivity contribution in [3.8, 4) is 0 Å². The summed E-state index contributed by atoms with van der Waals surface area (Å²) in [5.41, 5.74) is 0.378. The van der Waals surface area contributed by atoms with E-state index in [4.69, 9.17) is 0 Å². The molecule has 2 rings (SSSR count). The molecule has 2 heterocycles. The van der Waals surface area contributed by atoms with E-state index in [2.05, 4.69) is 27.4 Å². The van der Waals surface area contributed by atoms with Crippen LogP contribution in [-0.4, -0.2) is 21.1 Å². The molecule has 0 bridgehead atoms. The van der Waals surface area contributed by atoms with Crippen molar-refractivity contribution < 1.29 is 4.79 Å². The zero-order valence-electron chi connectivity index (χ0n) is 10.1. The molecule has 6 heteroatoms. The third-order valence-electron chi connectivity index (χ3n) is 2.33. The van der Waals surface area contributed by atoms with Crippen molar-refractivity contribution in [2.24, 2.45) is 0 Å². The number of hydrogen-bond acceptors (Lipinski definition) is 5. The van der Waals surface area contributed by atoms with Crippen molar-refractivity contribution in [2.45, 2.75) is 26.2 Å². The predicted molar refractivity (Wildman–Crippen MR) is 70.7 cm³/mol. The number of nitrogens with one attached hydrogen (secondary N) is 1. The third kappa shape index (κ3) is 3.33. The van der Waals surface area contributed by atoms with Gasteiger partial charge in [0.2, 0.25) is 5.13 Å². The molecule has 0 aliphatic rings. The number of anilines is 1. The minimum Gasteiger partial charge on any atom is -0.295 e. The number of unbranched alkanes of at least 4 members (excludes halogenated alkanes) is 1. The fourth-order valence-electron chi connectivity index (χ4n) is 1.39. The van der Waals surface area contributed by atoms with Crippen LogP contribution in [0.1, 0.15) is 35.3 Å². The molecule has 0 atom stereocenters. The van der Waals surface area contributed by atoms with Crippen molar-refractivity contribution in [3.05, 3.63) is 35.1 Å². The Morgan fingerprint density at radius 1 is 1.39 bits per heavy atom. The number of aryl methyl sites for hydroxylation is 1. The van der Waals surface area contributed by atoms with Gasteiger partial charge in [-0.2, -0.15) is 0 Å². The van der Waals surface area contributed by atoms with Crippen LogP contribution in [0.4, 0.5) is 5.13 Å². The highest BCUT2D eigenvalue weighted by Gasteiger charge is 2.10. The number of amides is 1. The SMILES string of the molecule is CCCCc1nnc(NC(=O)c2ccccn2)s1. The first kappa shape index (κ1) is 12.6. The Labute approximate surface area is 109 Å². The maximum absolute atomic E-state index is 11.8. The highest BCUT2D eigenvalue weighted by Crippen LogP contribution is 2.17. The van der Waals surface area contributed by atoms with E-state index in [1.54, 1.807) is 24.4 Å². The van der Waals surface area contributed by atoms with Crippen LogP contribution in [0.2, 0.25) is 0 Å². The summed E-state index contributed by atoms with van der Waals surface area (Å²) in [7, 11) is 0. The first-order valence-corrected chi connectivity index (χ1v) is 6.66. The summed E-state index contributed by atoms with van der Waals surface area (Å²) in [6.07, 6.45) is 4.70. The van der Waals surface area contributed by atoms with Gasteiger partial charge >= 0.3 is 0 Å². The summed E-state index contributed by atoms with van der Waals surface area (Å²) in [4.78, 5) is 15.8. The number of hydrogen-bond donors (Lipinski definition) is 1. The first-order valence-electron chi connectivity index (χ1n) is 5.84. The number of pyridine rings is 1. The van der Waals surface area contributed by atoms with E-state index in [0.717, 1.165) is 24.3 Å². The Balaban J connectivity index is 1.97. The van der Waals surface area contributed by atoms with Crippen LogP contribution in [0, 0.1) is 0 Å². The smallest absolute Gasteiger partial charge is 0.276 e. The average Bonchev–Trinajstić information content (AvgIpc) is 2.85. The van der Waals surface area contributed by atoms with E-state index in [0.29, 0.717) is 10.8 Å². The standard InChI is InChI=1S/C12H14N4OS/c1-2-3-7-10-15-16-12(18-10)14-11(17)9-6-4-5-8-13-9/h4-6,8H,2-3,7H2,1H3,(H,14,16,17). The predicted octanol–water partition coefficient (Wildman–Crippen LogP) is 2.53. The molecular weight excluding hydrogens is 248 g/mol. The fourth-order valence-corrected chi connectivity index (χ4v) is 2.17. The minimum absolute atomic E-state index is 0.256. The number of rotatable bonds is 5. The summed E-state index contributed by atoms with van der Waals surface area (Å²) in [5.74, 6) is -0.256. The molecule has 0 aromatic carbocycles. The Morgan fingerprint density at radius 2 is 2.28 bits per heavy atom. The van der Waals surface area contributed by atoms with E-state index in [-0.39, 0.29) is 5.91 Å². The van der Waals surface area contributed by atoms with Crippen LogP contribution in [0.3, 0.4) is 0 Å². The van der Waals surface area contributed by atoms with Gasteiger partial charge in [0.15, 0.2) is 0 Å². The molecule has 0 aliphatic carbocycles. The fraction of sp³-hybridized carbons (Fsp3) is 0.333. The van der Waals surface area contributed by atoms with Crippen LogP contribution in [0.15, 0.2) is 24.4 Å². The number of carbonyl (C=O) groups excluding carboxylic acids is 1. The van der Waals surface area contributed by atoms with Gasteiger partial charge in [-0.15, -0.1) is 10.2 Å². The van der Waals surface area contributed by atoms with E-state index in [9.17, 15) is 4.79 Å². The molecule has 94 valence electrons. The molecule has 1 amide bonds. The lowest BCUT2D eigenvalue weighted by atomic mass is 10.3. The highest BCUT2D eigenvalue weighted by molar-refractivity contribution is 7.15. The van der Waals surface area contributed by atoms with Crippen LogP contribution in [0.25, 0.3) is 0 Å². The number of nitrogens with zero attached hydrogens (tertiary/aromatic N) is 3. The van der Waals surface area contributed by atoms with Gasteiger partial charge in [-0.3, -0.25) is 15.1 Å². The lowest BCUT2D eigenvalue weighted by Gasteiger charge is -1.98. The molecule has 0 saturated heterocycles. The van der Waals surface area contributed by atoms with Gasteiger partial charge < -0.3 is 0 Å². The van der Waals surface area contributed by atoms with Gasteiger partial charge in [0.1, 0.15) is 10.7 Å². The topological polar surface area (TPSA) is 67.8 Å². The van der Waals surface area contributed by atoms with Crippen LogP contribution < -0.4 is 5.32 Å². The molecule has 0 aliphatic heterocycles. The van der Waals surface area contributed by atoms with Crippen molar-refractivity contribution in [1.29, 1.82) is 0 Å². The summed E-state index contributed by atoms with van der Waals surface area (Å²) in [6.45, 7) is 2.13. The molecule has 0 unspecified atom stereocenters. The minimum atomic E-state index is -0.256. The third-order valence-corrected chi connectivity index (χ3v) is 3.23. The van der Waals surface area contributed by atoms with Gasteiger partial charge in [-0.1, -0.05) is 30.7 Å². The van der Waals surface area contributed by atoms with Crippen molar-refractivity contribution in [2.75, 3.05) is 5.32 Å². The molecule has 2 aromatic heterocycles. The van der Waals surface area contributed by atoms with Crippen molar-refractivity contribution in [1.82, 2.24) is 15.2 Å². The van der Waals surface area contributed by atoms with Crippen LogP contribution in [-0.2, 0) is 6.42 Å². The zero-order chi connectivity index (χ0) is 12.8. The maximum Gasteiger partial charge on any atom is 0.276 e. The summed E-state index contributed by atoms with van der Waals surface area (Å²) >= 11 is 1.41. The monoisotopic (exact) mass is 262 g/mol. The van der Waals surface area contributed by atoms with Gasteiger partial charge in [-0.05, 0) is 18.6 Å². The lowest BCUT2D eigenvalue weighted by molar-refractivity contribution is 0.102. The van der Waals surface area contributed by atoms with E-state index < -0.39 is 0 Å². The zero-order valence-corrected chi connectivity index (χ0v) is 10.9. The Bertz CT molecular complexity index is 512. The highest BCUT2D eigenvalue weighted by atomic mass is 32.1. The largest absolute Gasteiger partial charge is 0.295 e. The first-order chi connectivity index (χ1) is 8.79. The van der Waals surface area contributed by atoms with E-state index in [1.807, 2.05) is 0 Å². The lowest BCUT2D eigenvalue weighted by Crippen LogP contribution is -2.13. The average molecular weight is 262 g/mol. The van der Waals surface area contributed by atoms with Crippen molar-refractivity contribution in [3.63, 3.8) is 0 Å². The van der Waals surface area contributed by atoms with Crippen LogP contribution in [0.5, 0.6) is 0 Å². The number of carbonyl (C=O) groups is 1. The Morgan fingerprint density at radius 3 is 3.00 bits per heavy atom. The second-order valence-electron chi connectivity index (χ2n) is 3.77. The molecule has 1 N–H and O–H groups in total. The molecule has 18 heavy (non-hydrogen) atoms. The van der Waals surface area contributed by atoms with Gasteiger partial charge in [0.25, 0.3) is 5.91 Å². The van der Waals surface area contributed by atoms with Gasteiger partial charge in [0.05, 0.1) is 0 Å². The summed E-state index contributed by atoms with van der Waals surface area (Å²) in [6, 6.07) is 5.20. The maximum atomic E-state index is 11.8. The normalized spacial score (nSPS) is 10.3. The van der Waals surface area contributed by atoms with E-state index >= 15 is 0 Å². The molecule has 0 saturated carbocycles. The molecular formula is C12H14N4OS. The van der Waals surface area contributed by atoms with Gasteiger partial charge in [0, 0.05) is 12.6 Å². The summed E-state index contributed by atoms with van der Waals surface area (Å²) in [5, 5.41) is 12.2. The van der Waals surface area contributed by atoms with Crippen LogP contribution >= 0.6 is 11.3 Å². The summed E-state index contributed by atoms with van der Waals surface area (Å²) < 4.78 is 0. The Hall–Kier alpha value is -1.82. The molecule has 0 radical (unpaired) electrons. The molecule has 0 fully saturated rings. The van der Waals surface area contributed by atoms with Crippen molar-refractivity contribution >= 4 is 22.4 Å². The Kier molecular flexibility index (Phi) is 4.35. The second-order valence-corrected chi connectivity index (χ2v) is 4.84. The quantitative estimate of drug-likeness (QED) is 0.899. The molecule has 5 nitrogen and oxygen atoms in total. The molecule has 2 aromatic rings. The van der Waals surface area contributed by atoms with E-state index in [1.165, 1.54) is 11.3 Å². The molecule has 0 spiro atoms. The van der Waals surface area contributed by atoms with Gasteiger partial charge in [-0.25, -0.2) is 0 Å². The second kappa shape index (κ2) is 6.20. The number of aromatic nitrogens is 3.